The third-order valence-corrected chi connectivity index (χ3v) is 3.12. The highest BCUT2D eigenvalue weighted by Crippen LogP contribution is 2.34. The fourth-order valence-corrected chi connectivity index (χ4v) is 2.12. The SMILES string of the molecule is N#Cc1ccc2c(c1)NC(c1ccc(F)cc1)CO2. The number of hydrogen-bond acceptors (Lipinski definition) is 3. The summed E-state index contributed by atoms with van der Waals surface area (Å²) in [6.45, 7) is 0.477. The molecule has 3 nitrogen and oxygen atoms in total. The van der Waals surface area contributed by atoms with E-state index in [-0.39, 0.29) is 11.9 Å². The zero-order valence-corrected chi connectivity index (χ0v) is 10.1. The van der Waals surface area contributed by atoms with E-state index < -0.39 is 0 Å². The number of hydrogen-bond donors (Lipinski definition) is 1. The van der Waals surface area contributed by atoms with Crippen LogP contribution in [-0.4, -0.2) is 6.61 Å². The van der Waals surface area contributed by atoms with Crippen molar-refractivity contribution in [2.75, 3.05) is 11.9 Å². The predicted octanol–water partition coefficient (Wildman–Crippen LogP) is 3.24. The van der Waals surface area contributed by atoms with Gasteiger partial charge in [-0.1, -0.05) is 12.1 Å². The Morgan fingerprint density at radius 1 is 1.21 bits per heavy atom. The lowest BCUT2D eigenvalue weighted by Gasteiger charge is -2.27. The average Bonchev–Trinajstić information content (AvgIpc) is 2.47. The Hall–Kier alpha value is -2.54. The van der Waals surface area contributed by atoms with E-state index in [4.69, 9.17) is 10.00 Å². The van der Waals surface area contributed by atoms with Crippen molar-refractivity contribution < 1.29 is 9.13 Å². The Balaban J connectivity index is 1.89. The molecule has 0 bridgehead atoms. The van der Waals surface area contributed by atoms with E-state index in [1.807, 2.05) is 0 Å². The summed E-state index contributed by atoms with van der Waals surface area (Å²) in [6.07, 6.45) is 0. The van der Waals surface area contributed by atoms with Gasteiger partial charge in [-0.05, 0) is 35.9 Å². The second kappa shape index (κ2) is 4.62. The molecular weight excluding hydrogens is 243 g/mol. The highest BCUT2D eigenvalue weighted by atomic mass is 19.1. The minimum Gasteiger partial charge on any atom is -0.489 e. The van der Waals surface area contributed by atoms with E-state index in [0.717, 1.165) is 17.0 Å². The molecule has 0 aromatic heterocycles. The van der Waals surface area contributed by atoms with Crippen molar-refractivity contribution in [1.82, 2.24) is 0 Å². The summed E-state index contributed by atoms with van der Waals surface area (Å²) in [4.78, 5) is 0. The van der Waals surface area contributed by atoms with E-state index >= 15 is 0 Å². The summed E-state index contributed by atoms with van der Waals surface area (Å²) in [5, 5.41) is 12.2. The van der Waals surface area contributed by atoms with E-state index in [2.05, 4.69) is 11.4 Å². The molecule has 1 aliphatic heterocycles. The van der Waals surface area contributed by atoms with Gasteiger partial charge in [-0.15, -0.1) is 0 Å². The molecule has 2 aromatic carbocycles. The van der Waals surface area contributed by atoms with Crippen molar-refractivity contribution in [3.63, 3.8) is 0 Å². The van der Waals surface area contributed by atoms with Crippen LogP contribution in [-0.2, 0) is 0 Å². The smallest absolute Gasteiger partial charge is 0.142 e. The molecule has 0 saturated heterocycles. The van der Waals surface area contributed by atoms with Crippen LogP contribution < -0.4 is 10.1 Å². The lowest BCUT2D eigenvalue weighted by Crippen LogP contribution is -2.23. The maximum Gasteiger partial charge on any atom is 0.142 e. The first kappa shape index (κ1) is 11.5. The Bertz CT molecular complexity index is 646. The van der Waals surface area contributed by atoms with Gasteiger partial charge in [0, 0.05) is 0 Å². The van der Waals surface area contributed by atoms with Gasteiger partial charge < -0.3 is 10.1 Å². The van der Waals surface area contributed by atoms with Crippen molar-refractivity contribution in [1.29, 1.82) is 5.26 Å². The maximum atomic E-state index is 12.9. The molecule has 19 heavy (non-hydrogen) atoms. The van der Waals surface area contributed by atoms with Crippen LogP contribution in [0.3, 0.4) is 0 Å². The number of rotatable bonds is 1. The van der Waals surface area contributed by atoms with Gasteiger partial charge in [-0.2, -0.15) is 5.26 Å². The van der Waals surface area contributed by atoms with Gasteiger partial charge in [-0.25, -0.2) is 4.39 Å². The molecule has 0 radical (unpaired) electrons. The van der Waals surface area contributed by atoms with Crippen LogP contribution in [0, 0.1) is 17.1 Å². The molecule has 1 unspecified atom stereocenters. The number of nitrogens with one attached hydrogen (secondary N) is 1. The van der Waals surface area contributed by atoms with Gasteiger partial charge >= 0.3 is 0 Å². The van der Waals surface area contributed by atoms with Crippen LogP contribution in [0.15, 0.2) is 42.5 Å². The second-order valence-corrected chi connectivity index (χ2v) is 4.38. The zero-order valence-electron chi connectivity index (χ0n) is 10.1. The standard InChI is InChI=1S/C15H11FN2O/c16-12-4-2-11(3-5-12)14-9-19-15-6-1-10(8-17)7-13(15)18-14/h1-7,14,18H,9H2. The normalized spacial score (nSPS) is 16.7. The van der Waals surface area contributed by atoms with Crippen molar-refractivity contribution in [3.05, 3.63) is 59.4 Å². The monoisotopic (exact) mass is 254 g/mol. The van der Waals surface area contributed by atoms with Gasteiger partial charge in [0.2, 0.25) is 0 Å². The van der Waals surface area contributed by atoms with Crippen LogP contribution in [0.4, 0.5) is 10.1 Å². The summed E-state index contributed by atoms with van der Waals surface area (Å²) in [5.41, 5.74) is 2.32. The number of nitrogens with zero attached hydrogens (tertiary/aromatic N) is 1. The largest absolute Gasteiger partial charge is 0.489 e. The molecule has 0 aliphatic carbocycles. The Morgan fingerprint density at radius 3 is 2.74 bits per heavy atom. The molecule has 2 aromatic rings. The average molecular weight is 254 g/mol. The number of anilines is 1. The fraction of sp³-hybridized carbons (Fsp3) is 0.133. The lowest BCUT2D eigenvalue weighted by atomic mass is 10.1. The molecule has 94 valence electrons. The third-order valence-electron chi connectivity index (χ3n) is 3.12. The first-order valence-corrected chi connectivity index (χ1v) is 5.95. The van der Waals surface area contributed by atoms with Gasteiger partial charge in [0.15, 0.2) is 0 Å². The highest BCUT2D eigenvalue weighted by Gasteiger charge is 2.20. The summed E-state index contributed by atoms with van der Waals surface area (Å²) in [7, 11) is 0. The first-order valence-electron chi connectivity index (χ1n) is 5.95. The van der Waals surface area contributed by atoms with E-state index in [9.17, 15) is 4.39 Å². The van der Waals surface area contributed by atoms with E-state index in [1.165, 1.54) is 12.1 Å². The molecule has 0 fully saturated rings. The second-order valence-electron chi connectivity index (χ2n) is 4.38. The van der Waals surface area contributed by atoms with Crippen LogP contribution >= 0.6 is 0 Å². The zero-order chi connectivity index (χ0) is 13.2. The van der Waals surface area contributed by atoms with E-state index in [0.29, 0.717) is 12.2 Å². The molecule has 3 rings (SSSR count). The molecule has 1 aliphatic rings. The Labute approximate surface area is 110 Å². The quantitative estimate of drug-likeness (QED) is 0.849. The first-order chi connectivity index (χ1) is 9.26. The minimum absolute atomic E-state index is 0.0398. The number of fused-ring (bicyclic) bond motifs is 1. The van der Waals surface area contributed by atoms with E-state index in [1.54, 1.807) is 30.3 Å². The van der Waals surface area contributed by atoms with Crippen molar-refractivity contribution in [2.45, 2.75) is 6.04 Å². The molecule has 1 atom stereocenters. The summed E-state index contributed by atoms with van der Waals surface area (Å²) >= 11 is 0. The van der Waals surface area contributed by atoms with Gasteiger partial charge in [0.1, 0.15) is 18.2 Å². The summed E-state index contributed by atoms with van der Waals surface area (Å²) < 4.78 is 18.6. The van der Waals surface area contributed by atoms with Crippen LogP contribution in [0.2, 0.25) is 0 Å². The molecule has 0 amide bonds. The summed E-state index contributed by atoms with van der Waals surface area (Å²) in [5.74, 6) is 0.477. The topological polar surface area (TPSA) is 45.0 Å². The van der Waals surface area contributed by atoms with Crippen molar-refractivity contribution in [3.8, 4) is 11.8 Å². The van der Waals surface area contributed by atoms with Crippen LogP contribution in [0.25, 0.3) is 0 Å². The molecule has 0 saturated carbocycles. The van der Waals surface area contributed by atoms with Crippen LogP contribution in [0.5, 0.6) is 5.75 Å². The number of ether oxygens (including phenoxy) is 1. The molecule has 0 spiro atoms. The molecular formula is C15H11FN2O. The Morgan fingerprint density at radius 2 is 2.00 bits per heavy atom. The summed E-state index contributed by atoms with van der Waals surface area (Å²) in [6, 6.07) is 13.6. The van der Waals surface area contributed by atoms with Gasteiger partial charge in [-0.3, -0.25) is 0 Å². The lowest BCUT2D eigenvalue weighted by molar-refractivity contribution is 0.286. The Kier molecular flexibility index (Phi) is 2.81. The fourth-order valence-electron chi connectivity index (χ4n) is 2.12. The number of nitriles is 1. The van der Waals surface area contributed by atoms with Crippen LogP contribution in [0.1, 0.15) is 17.2 Å². The minimum atomic E-state index is -0.257. The van der Waals surface area contributed by atoms with Crippen molar-refractivity contribution >= 4 is 5.69 Å². The predicted molar refractivity (Wildman–Crippen MR) is 69.4 cm³/mol. The maximum absolute atomic E-state index is 12.9. The van der Waals surface area contributed by atoms with Gasteiger partial charge in [0.05, 0.1) is 23.4 Å². The molecule has 1 N–H and O–H groups in total. The molecule has 4 heteroatoms. The van der Waals surface area contributed by atoms with Gasteiger partial charge in [0.25, 0.3) is 0 Å². The number of benzene rings is 2. The third kappa shape index (κ3) is 2.23. The van der Waals surface area contributed by atoms with Crippen molar-refractivity contribution in [2.24, 2.45) is 0 Å². The molecule has 1 heterocycles. The number of halogens is 1. The highest BCUT2D eigenvalue weighted by molar-refractivity contribution is 5.62.